The predicted molar refractivity (Wildman–Crippen MR) is 69.3 cm³/mol. The highest BCUT2D eigenvalue weighted by molar-refractivity contribution is 6.02. The number of hydrogen-bond donors (Lipinski definition) is 1. The fraction of sp³-hybridized carbons (Fsp3) is 0.615. The maximum Gasteiger partial charge on any atom is 0.272 e. The highest BCUT2D eigenvalue weighted by Crippen LogP contribution is 2.15. The van der Waals surface area contributed by atoms with Crippen molar-refractivity contribution in [1.82, 2.24) is 14.7 Å². The molecule has 0 spiro atoms. The van der Waals surface area contributed by atoms with E-state index in [1.807, 2.05) is 0 Å². The van der Waals surface area contributed by atoms with Crippen LogP contribution in [0.4, 0.5) is 0 Å². The summed E-state index contributed by atoms with van der Waals surface area (Å²) in [4.78, 5) is 26.6. The molecular formula is C13H20N4O3. The Morgan fingerprint density at radius 3 is 2.60 bits per heavy atom. The minimum atomic E-state index is -1.37. The van der Waals surface area contributed by atoms with Crippen molar-refractivity contribution >= 4 is 11.9 Å². The van der Waals surface area contributed by atoms with Gasteiger partial charge in [-0.3, -0.25) is 9.48 Å². The lowest BCUT2D eigenvalue weighted by atomic mass is 10.0. The van der Waals surface area contributed by atoms with Gasteiger partial charge in [-0.2, -0.15) is 5.10 Å². The number of hydrogen-bond acceptors (Lipinski definition) is 4. The van der Waals surface area contributed by atoms with Crippen LogP contribution in [-0.2, 0) is 7.05 Å². The van der Waals surface area contributed by atoms with Crippen molar-refractivity contribution in [3.63, 3.8) is 0 Å². The van der Waals surface area contributed by atoms with E-state index in [1.54, 1.807) is 19.0 Å². The molecule has 0 radical (unpaired) electrons. The van der Waals surface area contributed by atoms with Crippen molar-refractivity contribution in [3.8, 4) is 0 Å². The van der Waals surface area contributed by atoms with Crippen LogP contribution < -0.4 is 10.0 Å². The number of carbonyl (C=O) groups is 2. The number of nitrogens with one attached hydrogen (secondary N) is 1. The van der Waals surface area contributed by atoms with Gasteiger partial charge in [0, 0.05) is 38.5 Å². The third kappa shape index (κ3) is 2.67. The second-order valence-electron chi connectivity index (χ2n) is 5.42. The van der Waals surface area contributed by atoms with Crippen molar-refractivity contribution in [1.29, 1.82) is 0 Å². The van der Waals surface area contributed by atoms with Gasteiger partial charge in [0.2, 0.25) is 0 Å². The summed E-state index contributed by atoms with van der Waals surface area (Å²) in [5, 5.41) is 14.9. The Hall–Kier alpha value is -1.89. The number of carboxylic acids is 1. The van der Waals surface area contributed by atoms with E-state index in [9.17, 15) is 14.7 Å². The van der Waals surface area contributed by atoms with Crippen LogP contribution in [0.3, 0.4) is 0 Å². The summed E-state index contributed by atoms with van der Waals surface area (Å²) in [6.45, 7) is 2.03. The number of aryl methyl sites for hydroxylation is 1. The van der Waals surface area contributed by atoms with Gasteiger partial charge in [-0.15, -0.1) is 0 Å². The third-order valence-corrected chi connectivity index (χ3v) is 4.04. The summed E-state index contributed by atoms with van der Waals surface area (Å²) in [6.07, 6.45) is 3.01. The van der Waals surface area contributed by atoms with Crippen molar-refractivity contribution < 1.29 is 19.6 Å². The summed E-state index contributed by atoms with van der Waals surface area (Å²) in [5.41, 5.74) is -0.0679. The lowest BCUT2D eigenvalue weighted by Crippen LogP contribution is -3.10. The van der Waals surface area contributed by atoms with Gasteiger partial charge in [0.05, 0.1) is 32.3 Å². The average molecular weight is 280 g/mol. The second kappa shape index (κ2) is 5.62. The minimum Gasteiger partial charge on any atom is -0.545 e. The molecule has 0 unspecified atom stereocenters. The van der Waals surface area contributed by atoms with Gasteiger partial charge in [-0.25, -0.2) is 0 Å². The number of nitrogens with zero attached hydrogens (tertiary/aromatic N) is 3. The number of rotatable bonds is 3. The first-order valence-corrected chi connectivity index (χ1v) is 6.73. The van der Waals surface area contributed by atoms with Crippen molar-refractivity contribution in [2.24, 2.45) is 7.05 Å². The molecule has 1 aliphatic heterocycles. The standard InChI is InChI=1S/C13H20N4O3/c1-15-6-4-9(5-7-15)16(2)12(18)11-10(13(19)20)8-14-17(11)3/h8-9H,4-7H2,1-3H3,(H,19,20). The van der Waals surface area contributed by atoms with E-state index in [0.29, 0.717) is 0 Å². The van der Waals surface area contributed by atoms with Crippen molar-refractivity contribution in [2.75, 3.05) is 27.2 Å². The van der Waals surface area contributed by atoms with Crippen LogP contribution in [0.2, 0.25) is 0 Å². The van der Waals surface area contributed by atoms with E-state index in [4.69, 9.17) is 0 Å². The molecule has 7 nitrogen and oxygen atoms in total. The molecule has 0 aromatic carbocycles. The zero-order valence-corrected chi connectivity index (χ0v) is 12.0. The first kappa shape index (κ1) is 14.5. The van der Waals surface area contributed by atoms with Crippen molar-refractivity contribution in [3.05, 3.63) is 17.5 Å². The van der Waals surface area contributed by atoms with Crippen LogP contribution in [0.5, 0.6) is 0 Å². The summed E-state index contributed by atoms with van der Waals surface area (Å²) in [6, 6.07) is 0.149. The van der Waals surface area contributed by atoms with E-state index in [2.05, 4.69) is 12.1 Å². The molecular weight excluding hydrogens is 260 g/mol. The largest absolute Gasteiger partial charge is 0.545 e. The van der Waals surface area contributed by atoms with Crippen LogP contribution in [0.1, 0.15) is 33.7 Å². The Morgan fingerprint density at radius 2 is 2.05 bits per heavy atom. The molecule has 1 amide bonds. The van der Waals surface area contributed by atoms with Gasteiger partial charge in [0.1, 0.15) is 5.69 Å². The number of aromatic nitrogens is 2. The highest BCUT2D eigenvalue weighted by atomic mass is 16.4. The number of carboxylic acid groups (broad SMARTS) is 1. The second-order valence-corrected chi connectivity index (χ2v) is 5.42. The molecule has 20 heavy (non-hydrogen) atoms. The Kier molecular flexibility index (Phi) is 4.08. The summed E-state index contributed by atoms with van der Waals surface area (Å²) in [5.74, 6) is -1.68. The van der Waals surface area contributed by atoms with Crippen LogP contribution in [0.25, 0.3) is 0 Å². The molecule has 7 heteroatoms. The summed E-state index contributed by atoms with van der Waals surface area (Å²) in [7, 11) is 5.42. The molecule has 2 rings (SSSR count). The quantitative estimate of drug-likeness (QED) is 0.665. The van der Waals surface area contributed by atoms with Crippen molar-refractivity contribution in [2.45, 2.75) is 18.9 Å². The zero-order valence-electron chi connectivity index (χ0n) is 12.0. The SMILES string of the molecule is CN(C(=O)c1c(C(=O)[O-])cnn1C)C1CC[NH+](C)CC1. The normalized spacial score (nSPS) is 22.6. The first-order valence-electron chi connectivity index (χ1n) is 6.73. The molecule has 0 atom stereocenters. The van der Waals surface area contributed by atoms with Crippen LogP contribution in [0, 0.1) is 0 Å². The van der Waals surface area contributed by atoms with Gasteiger partial charge < -0.3 is 19.7 Å². The maximum absolute atomic E-state index is 12.5. The molecule has 1 fully saturated rings. The maximum atomic E-state index is 12.5. The zero-order chi connectivity index (χ0) is 14.9. The molecule has 1 aliphatic rings. The number of likely N-dealkylation sites (tertiary alicyclic amines) is 1. The van der Waals surface area contributed by atoms with Gasteiger partial charge in [-0.1, -0.05) is 0 Å². The average Bonchev–Trinajstić information content (AvgIpc) is 2.80. The lowest BCUT2D eigenvalue weighted by molar-refractivity contribution is -0.885. The summed E-state index contributed by atoms with van der Waals surface area (Å²) < 4.78 is 1.30. The van der Waals surface area contributed by atoms with E-state index in [0.717, 1.165) is 32.1 Å². The van der Waals surface area contributed by atoms with E-state index in [-0.39, 0.29) is 23.2 Å². The predicted octanol–water partition coefficient (Wildman–Crippen LogP) is -2.47. The fourth-order valence-corrected chi connectivity index (χ4v) is 2.66. The molecule has 1 saturated heterocycles. The fourth-order valence-electron chi connectivity index (χ4n) is 2.66. The number of carbonyl (C=O) groups excluding carboxylic acids is 2. The number of piperidine rings is 1. The Labute approximate surface area is 117 Å². The van der Waals surface area contributed by atoms with Crippen LogP contribution >= 0.6 is 0 Å². The molecule has 1 aromatic heterocycles. The van der Waals surface area contributed by atoms with Gasteiger partial charge in [0.15, 0.2) is 0 Å². The lowest BCUT2D eigenvalue weighted by Gasteiger charge is -2.33. The molecule has 110 valence electrons. The van der Waals surface area contributed by atoms with E-state index < -0.39 is 5.97 Å². The molecule has 2 heterocycles. The van der Waals surface area contributed by atoms with Gasteiger partial charge >= 0.3 is 0 Å². The minimum absolute atomic E-state index is 0.0822. The molecule has 0 aliphatic carbocycles. The molecule has 0 saturated carbocycles. The van der Waals surface area contributed by atoms with Gasteiger partial charge in [-0.05, 0) is 0 Å². The smallest absolute Gasteiger partial charge is 0.272 e. The topological polar surface area (TPSA) is 82.7 Å². The number of quaternary nitrogens is 1. The number of aromatic carboxylic acids is 1. The summed E-state index contributed by atoms with van der Waals surface area (Å²) >= 11 is 0. The van der Waals surface area contributed by atoms with Crippen LogP contribution in [0.15, 0.2) is 6.20 Å². The van der Waals surface area contributed by atoms with Gasteiger partial charge in [0.25, 0.3) is 5.91 Å². The molecule has 1 aromatic rings. The van der Waals surface area contributed by atoms with Crippen LogP contribution in [-0.4, -0.2) is 59.8 Å². The first-order chi connectivity index (χ1) is 9.41. The van der Waals surface area contributed by atoms with E-state index in [1.165, 1.54) is 9.58 Å². The highest BCUT2D eigenvalue weighted by Gasteiger charge is 2.29. The van der Waals surface area contributed by atoms with E-state index >= 15 is 0 Å². The third-order valence-electron chi connectivity index (χ3n) is 4.04. The number of amides is 1. The molecule has 1 N–H and O–H groups in total. The Bertz CT molecular complexity index is 518. The Morgan fingerprint density at radius 1 is 1.45 bits per heavy atom. The Balaban J connectivity index is 2.19. The monoisotopic (exact) mass is 280 g/mol. The molecule has 0 bridgehead atoms.